The maximum absolute atomic E-state index is 12.2. The number of amides is 1. The highest BCUT2D eigenvalue weighted by atomic mass is 127. The molecular weight excluding hydrogens is 440 g/mol. The Labute approximate surface area is 146 Å². The second-order valence-electron chi connectivity index (χ2n) is 4.67. The molecule has 0 saturated carbocycles. The number of alkyl halides is 3. The Hall–Kier alpha value is -2.37. The predicted molar refractivity (Wildman–Crippen MR) is 86.8 cm³/mol. The van der Waals surface area contributed by atoms with Gasteiger partial charge in [0.1, 0.15) is 9.45 Å². The summed E-state index contributed by atoms with van der Waals surface area (Å²) in [5, 5.41) is 4.76. The molecule has 1 aromatic carbocycles. The van der Waals surface area contributed by atoms with Crippen molar-refractivity contribution in [1.82, 2.24) is 14.8 Å². The maximum Gasteiger partial charge on any atom is 0.573 e. The number of halogens is 4. The van der Waals surface area contributed by atoms with Gasteiger partial charge in [0.05, 0.1) is 16.6 Å². The fraction of sp³-hybridized carbons (Fsp3) is 0.0714. The van der Waals surface area contributed by atoms with E-state index < -0.39 is 12.3 Å². The monoisotopic (exact) mass is 448 g/mol. The number of carbonyl (C=O) groups is 1. The van der Waals surface area contributed by atoms with Gasteiger partial charge in [0.25, 0.3) is 0 Å². The molecule has 10 heteroatoms. The third-order valence-corrected chi connectivity index (χ3v) is 3.86. The van der Waals surface area contributed by atoms with E-state index in [0.717, 1.165) is 0 Å². The number of nitrogens with two attached hydrogens (primary N) is 1. The van der Waals surface area contributed by atoms with Crippen LogP contribution in [0.5, 0.6) is 5.75 Å². The van der Waals surface area contributed by atoms with Crippen LogP contribution in [0, 0.1) is 3.70 Å². The summed E-state index contributed by atoms with van der Waals surface area (Å²) in [4.78, 5) is 15.7. The minimum absolute atomic E-state index is 0.271. The summed E-state index contributed by atoms with van der Waals surface area (Å²) in [6.45, 7) is 0. The van der Waals surface area contributed by atoms with Gasteiger partial charge in [-0.25, -0.2) is 9.67 Å². The third-order valence-electron chi connectivity index (χ3n) is 3.11. The molecule has 0 spiro atoms. The average molecular weight is 448 g/mol. The molecule has 0 unspecified atom stereocenters. The van der Waals surface area contributed by atoms with Gasteiger partial charge in [-0.15, -0.1) is 13.2 Å². The van der Waals surface area contributed by atoms with Crippen LogP contribution in [-0.4, -0.2) is 27.0 Å². The van der Waals surface area contributed by atoms with Crippen molar-refractivity contribution in [2.24, 2.45) is 5.73 Å². The molecule has 2 aromatic heterocycles. The molecule has 0 aliphatic rings. The molecular formula is C14H8F3IN4O2. The van der Waals surface area contributed by atoms with Crippen LogP contribution in [-0.2, 0) is 0 Å². The second kappa shape index (κ2) is 5.92. The molecule has 0 atom stereocenters. The number of hydrogen-bond donors (Lipinski definition) is 1. The number of rotatable bonds is 3. The van der Waals surface area contributed by atoms with E-state index >= 15 is 0 Å². The highest BCUT2D eigenvalue weighted by Crippen LogP contribution is 2.27. The summed E-state index contributed by atoms with van der Waals surface area (Å²) in [7, 11) is 0. The molecule has 1 amide bonds. The van der Waals surface area contributed by atoms with Crippen LogP contribution >= 0.6 is 22.6 Å². The predicted octanol–water partition coefficient (Wildman–Crippen LogP) is 3.02. The van der Waals surface area contributed by atoms with Gasteiger partial charge in [0.15, 0.2) is 5.65 Å². The molecule has 0 bridgehead atoms. The second-order valence-corrected chi connectivity index (χ2v) is 5.69. The summed E-state index contributed by atoms with van der Waals surface area (Å²) in [5.74, 6) is -0.961. The first-order valence-corrected chi connectivity index (χ1v) is 7.53. The lowest BCUT2D eigenvalue weighted by molar-refractivity contribution is -0.274. The zero-order valence-corrected chi connectivity index (χ0v) is 13.9. The van der Waals surface area contributed by atoms with Crippen molar-refractivity contribution >= 4 is 39.5 Å². The first-order valence-electron chi connectivity index (χ1n) is 6.45. The number of hydrogen-bond acceptors (Lipinski definition) is 4. The van der Waals surface area contributed by atoms with Crippen LogP contribution in [0.4, 0.5) is 13.2 Å². The van der Waals surface area contributed by atoms with Gasteiger partial charge in [-0.3, -0.25) is 4.79 Å². The van der Waals surface area contributed by atoms with Gasteiger partial charge in [-0.1, -0.05) is 0 Å². The summed E-state index contributed by atoms with van der Waals surface area (Å²) >= 11 is 1.94. The molecule has 2 heterocycles. The fourth-order valence-corrected chi connectivity index (χ4v) is 2.92. The number of benzene rings is 1. The van der Waals surface area contributed by atoms with Gasteiger partial charge >= 0.3 is 6.36 Å². The molecule has 24 heavy (non-hydrogen) atoms. The number of primary amides is 1. The van der Waals surface area contributed by atoms with E-state index in [1.165, 1.54) is 41.2 Å². The Kier molecular flexibility index (Phi) is 4.07. The smallest absolute Gasteiger partial charge is 0.406 e. The molecule has 6 nitrogen and oxygen atoms in total. The molecule has 124 valence electrons. The van der Waals surface area contributed by atoms with Crippen molar-refractivity contribution in [2.45, 2.75) is 6.36 Å². The Bertz CT molecular complexity index is 922. The molecule has 2 N–H and O–H groups in total. The van der Waals surface area contributed by atoms with Crippen molar-refractivity contribution in [2.75, 3.05) is 0 Å². The van der Waals surface area contributed by atoms with Crippen LogP contribution in [0.1, 0.15) is 10.4 Å². The zero-order chi connectivity index (χ0) is 17.5. The lowest BCUT2D eigenvalue weighted by atomic mass is 10.2. The van der Waals surface area contributed by atoms with Crippen LogP contribution in [0.2, 0.25) is 0 Å². The summed E-state index contributed by atoms with van der Waals surface area (Å²) in [5.41, 5.74) is 6.46. The number of ether oxygens (including phenoxy) is 1. The molecule has 0 aliphatic carbocycles. The SMILES string of the molecule is NC(=O)c1ccnc2c1c(I)nn2-c1ccc(OC(F)(F)F)cc1. The van der Waals surface area contributed by atoms with E-state index in [9.17, 15) is 18.0 Å². The van der Waals surface area contributed by atoms with Gasteiger partial charge < -0.3 is 10.5 Å². The molecule has 3 rings (SSSR count). The average Bonchev–Trinajstić information content (AvgIpc) is 2.84. The fourth-order valence-electron chi connectivity index (χ4n) is 2.17. The van der Waals surface area contributed by atoms with E-state index in [1.54, 1.807) is 0 Å². The van der Waals surface area contributed by atoms with Crippen LogP contribution in [0.3, 0.4) is 0 Å². The van der Waals surface area contributed by atoms with Crippen molar-refractivity contribution in [1.29, 1.82) is 0 Å². The standard InChI is InChI=1S/C14H8F3IN4O2/c15-14(16,17)24-8-3-1-7(2-4-8)22-13-10(11(18)21-22)9(12(19)23)5-6-20-13/h1-6H,(H2,19,23). The van der Waals surface area contributed by atoms with Gasteiger partial charge in [-0.2, -0.15) is 5.10 Å². The summed E-state index contributed by atoms with van der Waals surface area (Å²) in [6.07, 6.45) is -3.34. The first kappa shape index (κ1) is 16.5. The number of nitrogens with zero attached hydrogens (tertiary/aromatic N) is 3. The van der Waals surface area contributed by atoms with Gasteiger partial charge in [-0.05, 0) is 52.9 Å². The van der Waals surface area contributed by atoms with E-state index in [1.807, 2.05) is 22.6 Å². The number of fused-ring (bicyclic) bond motifs is 1. The van der Waals surface area contributed by atoms with Crippen molar-refractivity contribution in [3.05, 3.63) is 45.8 Å². The first-order chi connectivity index (χ1) is 11.3. The van der Waals surface area contributed by atoms with E-state index in [4.69, 9.17) is 5.73 Å². The van der Waals surface area contributed by atoms with Crippen LogP contribution in [0.25, 0.3) is 16.7 Å². The molecule has 3 aromatic rings. The van der Waals surface area contributed by atoms with Crippen LogP contribution < -0.4 is 10.5 Å². The quantitative estimate of drug-likeness (QED) is 0.625. The summed E-state index contributed by atoms with van der Waals surface area (Å²) in [6, 6.07) is 6.63. The lowest BCUT2D eigenvalue weighted by Crippen LogP contribution is -2.17. The van der Waals surface area contributed by atoms with Gasteiger partial charge in [0, 0.05) is 6.20 Å². The van der Waals surface area contributed by atoms with Crippen LogP contribution in [0.15, 0.2) is 36.5 Å². The van der Waals surface area contributed by atoms with Crippen molar-refractivity contribution in [3.8, 4) is 11.4 Å². The van der Waals surface area contributed by atoms with E-state index in [0.29, 0.717) is 20.4 Å². The van der Waals surface area contributed by atoms with Crippen molar-refractivity contribution in [3.63, 3.8) is 0 Å². The largest absolute Gasteiger partial charge is 0.573 e. The number of carbonyl (C=O) groups excluding carboxylic acids is 1. The Morgan fingerprint density at radius 3 is 2.46 bits per heavy atom. The maximum atomic E-state index is 12.2. The Morgan fingerprint density at radius 2 is 1.88 bits per heavy atom. The van der Waals surface area contributed by atoms with Gasteiger partial charge in [0.2, 0.25) is 5.91 Å². The Balaban J connectivity index is 2.07. The highest BCUT2D eigenvalue weighted by molar-refractivity contribution is 14.1. The van der Waals surface area contributed by atoms with E-state index in [-0.39, 0.29) is 11.3 Å². The minimum Gasteiger partial charge on any atom is -0.406 e. The van der Waals surface area contributed by atoms with Crippen molar-refractivity contribution < 1.29 is 22.7 Å². The molecule has 0 radical (unpaired) electrons. The Morgan fingerprint density at radius 1 is 1.21 bits per heavy atom. The molecule has 0 fully saturated rings. The summed E-state index contributed by atoms with van der Waals surface area (Å²) < 4.78 is 42.4. The molecule has 0 saturated heterocycles. The highest BCUT2D eigenvalue weighted by Gasteiger charge is 2.31. The normalized spacial score (nSPS) is 11.7. The topological polar surface area (TPSA) is 83.0 Å². The number of aromatic nitrogens is 3. The number of pyridine rings is 1. The third kappa shape index (κ3) is 3.13. The van der Waals surface area contributed by atoms with E-state index in [2.05, 4.69) is 14.8 Å². The zero-order valence-electron chi connectivity index (χ0n) is 11.7. The minimum atomic E-state index is -4.76. The molecule has 0 aliphatic heterocycles. The lowest BCUT2D eigenvalue weighted by Gasteiger charge is -2.09.